The smallest absolute Gasteiger partial charge is 0.206 e. The lowest BCUT2D eigenvalue weighted by molar-refractivity contribution is 0.106. The number of furan rings is 1. The van der Waals surface area contributed by atoms with Crippen LogP contribution in [0.5, 0.6) is 0 Å². The lowest BCUT2D eigenvalue weighted by Gasteiger charge is -1.95. The van der Waals surface area contributed by atoms with Gasteiger partial charge in [0, 0.05) is 6.42 Å². The molecule has 1 aromatic carbocycles. The molecular formula is C13H11NO2. The number of benzene rings is 1. The lowest BCUT2D eigenvalue weighted by atomic mass is 10.1. The Morgan fingerprint density at radius 2 is 2.06 bits per heavy atom. The minimum absolute atomic E-state index is 0.330. The van der Waals surface area contributed by atoms with Gasteiger partial charge in [0.25, 0.3) is 0 Å². The Balaban J connectivity index is 2.14. The largest absolute Gasteiger partial charge is 0.468 e. The molecule has 1 N–H and O–H groups in total. The zero-order valence-corrected chi connectivity index (χ0v) is 8.64. The third-order valence-corrected chi connectivity index (χ3v) is 2.29. The number of hydrogen-bond acceptors (Lipinski definition) is 3. The molecule has 3 nitrogen and oxygen atoms in total. The molecule has 16 heavy (non-hydrogen) atoms. The van der Waals surface area contributed by atoms with Crippen LogP contribution in [0.4, 0.5) is 0 Å². The van der Waals surface area contributed by atoms with Crippen molar-refractivity contribution >= 4 is 12.0 Å². The lowest BCUT2D eigenvalue weighted by Crippen LogP contribution is -1.96. The van der Waals surface area contributed by atoms with Crippen LogP contribution in [0.25, 0.3) is 0 Å². The van der Waals surface area contributed by atoms with E-state index >= 15 is 0 Å². The first-order valence-electron chi connectivity index (χ1n) is 4.96. The van der Waals surface area contributed by atoms with Crippen LogP contribution in [0.1, 0.15) is 21.7 Å². The number of hydrogen-bond donors (Lipinski definition) is 1. The van der Waals surface area contributed by atoms with E-state index < -0.39 is 0 Å². The molecule has 0 saturated heterocycles. The molecule has 0 bridgehead atoms. The SMILES string of the molecule is N=CC(=O)c1coc(Cc2ccccc2)c1. The fourth-order valence-corrected chi connectivity index (χ4v) is 1.48. The van der Waals surface area contributed by atoms with Gasteiger partial charge in [0.05, 0.1) is 11.8 Å². The molecule has 0 aliphatic heterocycles. The van der Waals surface area contributed by atoms with E-state index in [1.165, 1.54) is 6.26 Å². The first-order chi connectivity index (χ1) is 7.79. The third-order valence-electron chi connectivity index (χ3n) is 2.29. The molecule has 0 radical (unpaired) electrons. The Labute approximate surface area is 93.2 Å². The fourth-order valence-electron chi connectivity index (χ4n) is 1.48. The van der Waals surface area contributed by atoms with Gasteiger partial charge in [-0.2, -0.15) is 0 Å². The third kappa shape index (κ3) is 2.25. The summed E-state index contributed by atoms with van der Waals surface area (Å²) in [6.45, 7) is 0. The molecule has 1 heterocycles. The van der Waals surface area contributed by atoms with Gasteiger partial charge in [0.15, 0.2) is 0 Å². The fraction of sp³-hybridized carbons (Fsp3) is 0.0769. The van der Waals surface area contributed by atoms with E-state index in [0.717, 1.165) is 17.5 Å². The van der Waals surface area contributed by atoms with Gasteiger partial charge >= 0.3 is 0 Å². The molecule has 0 spiro atoms. The highest BCUT2D eigenvalue weighted by Crippen LogP contribution is 2.13. The van der Waals surface area contributed by atoms with Gasteiger partial charge in [-0.3, -0.25) is 4.79 Å². The average Bonchev–Trinajstić information content (AvgIpc) is 2.78. The summed E-state index contributed by atoms with van der Waals surface area (Å²) in [6, 6.07) is 11.6. The van der Waals surface area contributed by atoms with Crippen LogP contribution in [-0.2, 0) is 6.42 Å². The van der Waals surface area contributed by atoms with Crippen molar-refractivity contribution in [2.24, 2.45) is 0 Å². The highest BCUT2D eigenvalue weighted by Gasteiger charge is 2.07. The van der Waals surface area contributed by atoms with Crippen molar-refractivity contribution in [3.63, 3.8) is 0 Å². The van der Waals surface area contributed by atoms with Crippen molar-refractivity contribution in [3.8, 4) is 0 Å². The van der Waals surface area contributed by atoms with Gasteiger partial charge in [-0.15, -0.1) is 0 Å². The van der Waals surface area contributed by atoms with Crippen molar-refractivity contribution in [1.82, 2.24) is 0 Å². The molecule has 2 aromatic rings. The second-order valence-electron chi connectivity index (χ2n) is 3.47. The number of rotatable bonds is 4. The zero-order valence-electron chi connectivity index (χ0n) is 8.64. The predicted octanol–water partition coefficient (Wildman–Crippen LogP) is 2.70. The van der Waals surface area contributed by atoms with E-state index in [2.05, 4.69) is 0 Å². The van der Waals surface area contributed by atoms with Crippen molar-refractivity contribution < 1.29 is 9.21 Å². The van der Waals surface area contributed by atoms with Crippen LogP contribution in [0.3, 0.4) is 0 Å². The van der Waals surface area contributed by atoms with Crippen LogP contribution in [-0.4, -0.2) is 12.0 Å². The summed E-state index contributed by atoms with van der Waals surface area (Å²) < 4.78 is 5.27. The number of carbonyl (C=O) groups is 1. The molecule has 0 fully saturated rings. The summed E-state index contributed by atoms with van der Waals surface area (Å²) in [6.07, 6.45) is 2.84. The standard InChI is InChI=1S/C13H11NO2/c14-8-13(15)11-7-12(16-9-11)6-10-4-2-1-3-5-10/h1-5,7-9,14H,6H2. The van der Waals surface area contributed by atoms with Crippen molar-refractivity contribution in [1.29, 1.82) is 5.41 Å². The second-order valence-corrected chi connectivity index (χ2v) is 3.47. The van der Waals surface area contributed by atoms with Gasteiger partial charge in [-0.05, 0) is 11.6 Å². The molecule has 0 aliphatic rings. The van der Waals surface area contributed by atoms with Crippen LogP contribution in [0, 0.1) is 5.41 Å². The predicted molar refractivity (Wildman–Crippen MR) is 61.1 cm³/mol. The van der Waals surface area contributed by atoms with Gasteiger partial charge in [-0.1, -0.05) is 30.3 Å². The summed E-state index contributed by atoms with van der Waals surface area (Å²) in [4.78, 5) is 11.2. The molecule has 80 valence electrons. The van der Waals surface area contributed by atoms with Gasteiger partial charge in [0.1, 0.15) is 12.0 Å². The maximum Gasteiger partial charge on any atom is 0.206 e. The van der Waals surface area contributed by atoms with E-state index in [-0.39, 0.29) is 5.78 Å². The van der Waals surface area contributed by atoms with Gasteiger partial charge < -0.3 is 9.83 Å². The first kappa shape index (κ1) is 10.4. The van der Waals surface area contributed by atoms with Gasteiger partial charge in [0.2, 0.25) is 5.78 Å². The second kappa shape index (κ2) is 4.57. The van der Waals surface area contributed by atoms with Crippen LogP contribution < -0.4 is 0 Å². The number of carbonyl (C=O) groups excluding carboxylic acids is 1. The molecule has 3 heteroatoms. The summed E-state index contributed by atoms with van der Waals surface area (Å²) in [7, 11) is 0. The highest BCUT2D eigenvalue weighted by atomic mass is 16.3. The van der Waals surface area contributed by atoms with Crippen LogP contribution >= 0.6 is 0 Å². The van der Waals surface area contributed by atoms with Crippen molar-refractivity contribution in [2.75, 3.05) is 0 Å². The molecule has 0 atom stereocenters. The van der Waals surface area contributed by atoms with Gasteiger partial charge in [-0.25, -0.2) is 0 Å². The summed E-state index contributed by atoms with van der Waals surface area (Å²) >= 11 is 0. The number of ketones is 1. The first-order valence-corrected chi connectivity index (χ1v) is 4.96. The highest BCUT2D eigenvalue weighted by molar-refractivity contribution is 6.34. The minimum atomic E-state index is -0.330. The number of nitrogens with one attached hydrogen (secondary N) is 1. The Kier molecular flexibility index (Phi) is 2.96. The van der Waals surface area contributed by atoms with E-state index in [0.29, 0.717) is 12.0 Å². The van der Waals surface area contributed by atoms with Crippen molar-refractivity contribution in [3.05, 3.63) is 59.5 Å². The molecule has 0 unspecified atom stereocenters. The normalized spacial score (nSPS) is 10.0. The van der Waals surface area contributed by atoms with E-state index in [9.17, 15) is 4.79 Å². The summed E-state index contributed by atoms with van der Waals surface area (Å²) in [5.41, 5.74) is 1.56. The maximum atomic E-state index is 11.2. The molecule has 0 saturated carbocycles. The molecule has 0 amide bonds. The Bertz CT molecular complexity index is 500. The minimum Gasteiger partial charge on any atom is -0.468 e. The summed E-state index contributed by atoms with van der Waals surface area (Å²) in [5, 5.41) is 6.86. The number of Topliss-reactive ketones (excluding diaryl/α,β-unsaturated/α-hetero) is 1. The molecular weight excluding hydrogens is 202 g/mol. The van der Waals surface area contributed by atoms with E-state index in [1.54, 1.807) is 6.07 Å². The Hall–Kier alpha value is -2.16. The van der Waals surface area contributed by atoms with E-state index in [4.69, 9.17) is 9.83 Å². The maximum absolute atomic E-state index is 11.2. The Morgan fingerprint density at radius 3 is 2.75 bits per heavy atom. The zero-order chi connectivity index (χ0) is 11.4. The van der Waals surface area contributed by atoms with Crippen LogP contribution in [0.2, 0.25) is 0 Å². The van der Waals surface area contributed by atoms with Crippen molar-refractivity contribution in [2.45, 2.75) is 6.42 Å². The molecule has 1 aromatic heterocycles. The molecule has 0 aliphatic carbocycles. The molecule has 2 rings (SSSR count). The topological polar surface area (TPSA) is 54.1 Å². The van der Waals surface area contributed by atoms with Crippen LogP contribution in [0.15, 0.2) is 47.1 Å². The monoisotopic (exact) mass is 213 g/mol. The Morgan fingerprint density at radius 1 is 1.31 bits per heavy atom. The average molecular weight is 213 g/mol. The van der Waals surface area contributed by atoms with E-state index in [1.807, 2.05) is 30.3 Å². The quantitative estimate of drug-likeness (QED) is 0.627. The summed E-state index contributed by atoms with van der Waals surface area (Å²) in [5.74, 6) is 0.402.